The van der Waals surface area contributed by atoms with Crippen LogP contribution in [0, 0.1) is 5.82 Å². The molecule has 0 aromatic heterocycles. The molecule has 0 spiro atoms. The fourth-order valence-corrected chi connectivity index (χ4v) is 1.78. The van der Waals surface area contributed by atoms with E-state index in [2.05, 4.69) is 6.58 Å². The van der Waals surface area contributed by atoms with Crippen molar-refractivity contribution in [2.75, 3.05) is 19.7 Å². The van der Waals surface area contributed by atoms with Crippen LogP contribution in [0.4, 0.5) is 4.39 Å². The van der Waals surface area contributed by atoms with Crippen LogP contribution in [0.5, 0.6) is 0 Å². The minimum Gasteiger partial charge on any atom is -0.455 e. The molecule has 0 aliphatic rings. The van der Waals surface area contributed by atoms with Gasteiger partial charge in [-0.05, 0) is 25.5 Å². The molecule has 1 aromatic carbocycles. The highest BCUT2D eigenvalue weighted by molar-refractivity contribution is 5.81. The number of hydrogen-bond acceptors (Lipinski definition) is 3. The van der Waals surface area contributed by atoms with Gasteiger partial charge >= 0.3 is 5.97 Å². The number of likely N-dealkylation sites (N-methyl/N-ethyl adjacent to an activating group) is 1. The maximum Gasteiger partial charge on any atom is 0.310 e. The molecule has 1 rings (SSSR count). The van der Waals surface area contributed by atoms with E-state index in [1.165, 1.54) is 12.1 Å². The smallest absolute Gasteiger partial charge is 0.310 e. The summed E-state index contributed by atoms with van der Waals surface area (Å²) >= 11 is 0. The number of esters is 1. The van der Waals surface area contributed by atoms with Gasteiger partial charge in [0, 0.05) is 13.1 Å². The van der Waals surface area contributed by atoms with Crippen molar-refractivity contribution in [3.05, 3.63) is 47.8 Å². The number of ether oxygens (including phenoxy) is 1. The van der Waals surface area contributed by atoms with E-state index in [0.29, 0.717) is 13.1 Å². The summed E-state index contributed by atoms with van der Waals surface area (Å²) in [5, 5.41) is 0. The van der Waals surface area contributed by atoms with E-state index < -0.39 is 11.8 Å². The summed E-state index contributed by atoms with van der Waals surface area (Å²) in [6.07, 6.45) is -0.188. The maximum absolute atomic E-state index is 13.4. The van der Waals surface area contributed by atoms with Gasteiger partial charge in [0.2, 0.25) is 0 Å². The lowest BCUT2D eigenvalue weighted by molar-refractivity contribution is -0.151. The molecule has 0 N–H and O–H groups in total. The van der Waals surface area contributed by atoms with Crippen molar-refractivity contribution in [2.45, 2.75) is 20.3 Å². The molecule has 0 saturated carbocycles. The number of carbonyl (C=O) groups excluding carboxylic acids is 2. The van der Waals surface area contributed by atoms with E-state index in [-0.39, 0.29) is 24.5 Å². The highest BCUT2D eigenvalue weighted by Gasteiger charge is 2.15. The Morgan fingerprint density at radius 1 is 1.33 bits per heavy atom. The largest absolute Gasteiger partial charge is 0.455 e. The number of carbonyl (C=O) groups is 2. The lowest BCUT2D eigenvalue weighted by atomic mass is 10.1. The van der Waals surface area contributed by atoms with Crippen LogP contribution in [0.15, 0.2) is 36.4 Å². The molecule has 114 valence electrons. The molecule has 0 fully saturated rings. The molecular weight excluding hydrogens is 273 g/mol. The minimum atomic E-state index is -0.625. The Kier molecular flexibility index (Phi) is 6.59. The second-order valence-electron chi connectivity index (χ2n) is 4.79. The zero-order valence-electron chi connectivity index (χ0n) is 12.4. The van der Waals surface area contributed by atoms with E-state index in [9.17, 15) is 14.0 Å². The van der Waals surface area contributed by atoms with Crippen LogP contribution < -0.4 is 0 Å². The third-order valence-electron chi connectivity index (χ3n) is 2.84. The fraction of sp³-hybridized carbons (Fsp3) is 0.375. The predicted octanol–water partition coefficient (Wildman–Crippen LogP) is 2.34. The first-order valence-corrected chi connectivity index (χ1v) is 6.75. The third-order valence-corrected chi connectivity index (χ3v) is 2.84. The van der Waals surface area contributed by atoms with Gasteiger partial charge in [-0.3, -0.25) is 9.59 Å². The van der Waals surface area contributed by atoms with Gasteiger partial charge in [0.05, 0.1) is 6.42 Å². The Morgan fingerprint density at radius 2 is 2.00 bits per heavy atom. The summed E-state index contributed by atoms with van der Waals surface area (Å²) in [4.78, 5) is 25.0. The zero-order chi connectivity index (χ0) is 15.8. The average molecular weight is 293 g/mol. The SMILES string of the molecule is C=C(C)CN(CC)C(=O)COC(=O)Cc1ccccc1F. The van der Waals surface area contributed by atoms with Crippen molar-refractivity contribution < 1.29 is 18.7 Å². The normalized spacial score (nSPS) is 10.0. The highest BCUT2D eigenvalue weighted by atomic mass is 19.1. The van der Waals surface area contributed by atoms with E-state index in [1.54, 1.807) is 17.0 Å². The van der Waals surface area contributed by atoms with Crippen LogP contribution in [-0.4, -0.2) is 36.5 Å². The molecule has 1 aromatic rings. The lowest BCUT2D eigenvalue weighted by Gasteiger charge is -2.20. The standard InChI is InChI=1S/C16H20FNO3/c1-4-18(10-12(2)3)15(19)11-21-16(20)9-13-7-5-6-8-14(13)17/h5-8H,2,4,9-11H2,1,3H3. The Balaban J connectivity index is 2.47. The quantitative estimate of drug-likeness (QED) is 0.572. The van der Waals surface area contributed by atoms with Gasteiger partial charge in [-0.1, -0.05) is 30.4 Å². The summed E-state index contributed by atoms with van der Waals surface area (Å²) in [5.74, 6) is -1.37. The molecule has 0 radical (unpaired) electrons. The van der Waals surface area contributed by atoms with Crippen molar-refractivity contribution in [2.24, 2.45) is 0 Å². The first-order valence-electron chi connectivity index (χ1n) is 6.75. The van der Waals surface area contributed by atoms with Crippen LogP contribution in [0.1, 0.15) is 19.4 Å². The molecule has 0 heterocycles. The van der Waals surface area contributed by atoms with Crippen LogP contribution in [-0.2, 0) is 20.7 Å². The van der Waals surface area contributed by atoms with Crippen molar-refractivity contribution in [3.63, 3.8) is 0 Å². The summed E-state index contributed by atoms with van der Waals surface area (Å²) in [6.45, 7) is 8.00. The van der Waals surface area contributed by atoms with E-state index in [1.807, 2.05) is 13.8 Å². The van der Waals surface area contributed by atoms with Crippen LogP contribution >= 0.6 is 0 Å². The summed E-state index contributed by atoms with van der Waals surface area (Å²) in [7, 11) is 0. The topological polar surface area (TPSA) is 46.6 Å². The monoisotopic (exact) mass is 293 g/mol. The van der Waals surface area contributed by atoms with Crippen molar-refractivity contribution in [1.29, 1.82) is 0 Å². The maximum atomic E-state index is 13.4. The Bertz CT molecular complexity index is 528. The molecule has 0 unspecified atom stereocenters. The third kappa shape index (κ3) is 5.77. The van der Waals surface area contributed by atoms with Crippen molar-refractivity contribution in [3.8, 4) is 0 Å². The van der Waals surface area contributed by atoms with E-state index >= 15 is 0 Å². The zero-order valence-corrected chi connectivity index (χ0v) is 12.4. The lowest BCUT2D eigenvalue weighted by Crippen LogP contribution is -2.35. The Morgan fingerprint density at radius 3 is 2.57 bits per heavy atom. The Hall–Kier alpha value is -2.17. The molecule has 1 amide bonds. The summed E-state index contributed by atoms with van der Waals surface area (Å²) in [6, 6.07) is 5.98. The van der Waals surface area contributed by atoms with Gasteiger partial charge in [0.1, 0.15) is 5.82 Å². The number of benzene rings is 1. The number of amides is 1. The molecule has 4 nitrogen and oxygen atoms in total. The predicted molar refractivity (Wildman–Crippen MR) is 78.1 cm³/mol. The summed E-state index contributed by atoms with van der Waals surface area (Å²) in [5.41, 5.74) is 1.10. The van der Waals surface area contributed by atoms with Crippen molar-refractivity contribution in [1.82, 2.24) is 4.90 Å². The Labute approximate surface area is 124 Å². The molecule has 5 heteroatoms. The average Bonchev–Trinajstić information content (AvgIpc) is 2.44. The minimum absolute atomic E-state index is 0.188. The van der Waals surface area contributed by atoms with Gasteiger partial charge in [0.15, 0.2) is 6.61 Å². The molecule has 0 atom stereocenters. The van der Waals surface area contributed by atoms with Crippen LogP contribution in [0.2, 0.25) is 0 Å². The number of halogens is 1. The second-order valence-corrected chi connectivity index (χ2v) is 4.79. The second kappa shape index (κ2) is 8.19. The van der Waals surface area contributed by atoms with Crippen LogP contribution in [0.3, 0.4) is 0 Å². The molecular formula is C16H20FNO3. The number of rotatable bonds is 7. The van der Waals surface area contributed by atoms with Gasteiger partial charge in [-0.15, -0.1) is 0 Å². The molecule has 0 aliphatic heterocycles. The van der Waals surface area contributed by atoms with E-state index in [0.717, 1.165) is 5.57 Å². The van der Waals surface area contributed by atoms with Crippen molar-refractivity contribution >= 4 is 11.9 Å². The van der Waals surface area contributed by atoms with E-state index in [4.69, 9.17) is 4.74 Å². The molecule has 0 saturated heterocycles. The van der Waals surface area contributed by atoms with Gasteiger partial charge in [-0.25, -0.2) is 4.39 Å². The molecule has 21 heavy (non-hydrogen) atoms. The highest BCUT2D eigenvalue weighted by Crippen LogP contribution is 2.08. The van der Waals surface area contributed by atoms with Crippen LogP contribution in [0.25, 0.3) is 0 Å². The van der Waals surface area contributed by atoms with Gasteiger partial charge in [-0.2, -0.15) is 0 Å². The molecule has 0 bridgehead atoms. The fourth-order valence-electron chi connectivity index (χ4n) is 1.78. The van der Waals surface area contributed by atoms with Gasteiger partial charge in [0.25, 0.3) is 5.91 Å². The number of hydrogen-bond donors (Lipinski definition) is 0. The van der Waals surface area contributed by atoms with Gasteiger partial charge < -0.3 is 9.64 Å². The summed E-state index contributed by atoms with van der Waals surface area (Å²) < 4.78 is 18.3. The first kappa shape index (κ1) is 16.9. The molecule has 0 aliphatic carbocycles. The number of nitrogens with zero attached hydrogens (tertiary/aromatic N) is 1. The first-order chi connectivity index (χ1) is 9.93.